The van der Waals surface area contributed by atoms with E-state index in [1.807, 2.05) is 0 Å². The van der Waals surface area contributed by atoms with Crippen LogP contribution in [-0.2, 0) is 0 Å². The van der Waals surface area contributed by atoms with E-state index in [-0.39, 0.29) is 0 Å². The molecule has 0 aliphatic heterocycles. The Hall–Kier alpha value is -3.63. The molecule has 3 nitrogen and oxygen atoms in total. The van der Waals surface area contributed by atoms with Crippen molar-refractivity contribution in [2.45, 2.75) is 6.92 Å². The van der Waals surface area contributed by atoms with E-state index in [1.165, 1.54) is 48.5 Å². The van der Waals surface area contributed by atoms with Gasteiger partial charge >= 0.3 is 0 Å². The molecule has 0 saturated carbocycles. The van der Waals surface area contributed by atoms with E-state index in [0.29, 0.717) is 0 Å². The second-order valence-corrected chi connectivity index (χ2v) is 8.73. The number of thiophene rings is 1. The van der Waals surface area contributed by atoms with E-state index in [0.717, 1.165) is 11.3 Å². The first kappa shape index (κ1) is 16.2. The third kappa shape index (κ3) is 2.01. The third-order valence-electron chi connectivity index (χ3n) is 6.06. The van der Waals surface area contributed by atoms with Gasteiger partial charge in [-0.05, 0) is 48.7 Å². The lowest BCUT2D eigenvalue weighted by molar-refractivity contribution is 1.17. The predicted octanol–water partition coefficient (Wildman–Crippen LogP) is 7.11. The van der Waals surface area contributed by atoms with Crippen molar-refractivity contribution in [3.05, 3.63) is 90.1 Å². The molecule has 30 heavy (non-hydrogen) atoms. The minimum atomic E-state index is 1.04. The Morgan fingerprint density at radius 1 is 0.733 bits per heavy atom. The number of pyridine rings is 1. The van der Waals surface area contributed by atoms with Crippen LogP contribution in [0.25, 0.3) is 54.1 Å². The number of imidazole rings is 1. The van der Waals surface area contributed by atoms with Gasteiger partial charge in [-0.15, -0.1) is 11.3 Å². The van der Waals surface area contributed by atoms with Gasteiger partial charge in [0.25, 0.3) is 0 Å². The van der Waals surface area contributed by atoms with E-state index in [9.17, 15) is 0 Å². The molecular weight excluding hydrogens is 386 g/mol. The highest BCUT2D eigenvalue weighted by Gasteiger charge is 2.15. The Bertz CT molecular complexity index is 1710. The summed E-state index contributed by atoms with van der Waals surface area (Å²) in [5.41, 5.74) is 6.90. The quantitative estimate of drug-likeness (QED) is 0.286. The van der Waals surface area contributed by atoms with Crippen molar-refractivity contribution >= 4 is 59.8 Å². The van der Waals surface area contributed by atoms with Crippen molar-refractivity contribution in [2.75, 3.05) is 0 Å². The summed E-state index contributed by atoms with van der Waals surface area (Å²) in [5, 5.41) is 7.23. The molecule has 3 aromatic carbocycles. The fourth-order valence-corrected chi connectivity index (χ4v) is 5.74. The molecule has 4 heteroatoms. The smallest absolute Gasteiger partial charge is 0.146 e. The molecule has 0 radical (unpaired) electrons. The maximum atomic E-state index is 4.82. The molecule has 7 rings (SSSR count). The average molecular weight is 404 g/mol. The number of aromatic nitrogens is 3. The molecule has 0 saturated heterocycles. The van der Waals surface area contributed by atoms with E-state index < -0.39 is 0 Å². The largest absolute Gasteiger partial charge is 0.309 e. The Balaban J connectivity index is 1.66. The third-order valence-corrected chi connectivity index (χ3v) is 7.00. The molecule has 0 aliphatic rings. The van der Waals surface area contributed by atoms with Crippen LogP contribution < -0.4 is 0 Å². The summed E-state index contributed by atoms with van der Waals surface area (Å²) in [5.74, 6) is 0. The van der Waals surface area contributed by atoms with E-state index in [4.69, 9.17) is 4.98 Å². The maximum Gasteiger partial charge on any atom is 0.146 e. The van der Waals surface area contributed by atoms with Crippen LogP contribution in [0.3, 0.4) is 0 Å². The number of fused-ring (bicyclic) bond motifs is 9. The van der Waals surface area contributed by atoms with Crippen molar-refractivity contribution in [3.8, 4) is 5.69 Å². The van der Waals surface area contributed by atoms with Gasteiger partial charge in [-0.1, -0.05) is 36.4 Å². The maximum absolute atomic E-state index is 4.82. The molecule has 142 valence electrons. The topological polar surface area (TPSA) is 22.2 Å². The lowest BCUT2D eigenvalue weighted by atomic mass is 10.1. The molecule has 0 N–H and O–H groups in total. The molecule has 0 aliphatic carbocycles. The molecule has 0 amide bonds. The molecule has 0 bridgehead atoms. The minimum absolute atomic E-state index is 1.04. The highest BCUT2D eigenvalue weighted by Crippen LogP contribution is 2.36. The summed E-state index contributed by atoms with van der Waals surface area (Å²) in [7, 11) is 0. The van der Waals surface area contributed by atoms with Gasteiger partial charge in [-0.3, -0.25) is 4.40 Å². The first-order valence-electron chi connectivity index (χ1n) is 10.1. The molecule has 4 heterocycles. The summed E-state index contributed by atoms with van der Waals surface area (Å²) in [4.78, 5) is 4.82. The van der Waals surface area contributed by atoms with Crippen LogP contribution in [0.5, 0.6) is 0 Å². The first-order valence-corrected chi connectivity index (χ1v) is 10.9. The SMILES string of the molecule is Cc1cn2c3cc(-n4c5ccccc5c5ccccc54)ccc3c3sccc3c2n1. The zero-order chi connectivity index (χ0) is 19.8. The Morgan fingerprint density at radius 2 is 1.47 bits per heavy atom. The molecule has 0 spiro atoms. The number of rotatable bonds is 1. The zero-order valence-corrected chi connectivity index (χ0v) is 17.1. The zero-order valence-electron chi connectivity index (χ0n) is 16.3. The van der Waals surface area contributed by atoms with Crippen LogP contribution in [0.15, 0.2) is 84.4 Å². The fraction of sp³-hybridized carbons (Fsp3) is 0.0385. The number of nitrogens with zero attached hydrogens (tertiary/aromatic N) is 3. The summed E-state index contributed by atoms with van der Waals surface area (Å²) in [6.07, 6.45) is 2.14. The molecule has 0 atom stereocenters. The molecule has 0 unspecified atom stereocenters. The Kier molecular flexibility index (Phi) is 3.08. The number of hydrogen-bond donors (Lipinski definition) is 0. The minimum Gasteiger partial charge on any atom is -0.309 e. The number of benzene rings is 3. The van der Waals surface area contributed by atoms with E-state index in [1.54, 1.807) is 11.3 Å². The van der Waals surface area contributed by atoms with Gasteiger partial charge < -0.3 is 4.57 Å². The highest BCUT2D eigenvalue weighted by atomic mass is 32.1. The van der Waals surface area contributed by atoms with Gasteiger partial charge in [0.15, 0.2) is 0 Å². The van der Waals surface area contributed by atoms with E-state index in [2.05, 4.69) is 100 Å². The van der Waals surface area contributed by atoms with Crippen LogP contribution >= 0.6 is 11.3 Å². The van der Waals surface area contributed by atoms with Gasteiger partial charge in [0.2, 0.25) is 0 Å². The lowest BCUT2D eigenvalue weighted by Crippen LogP contribution is -1.96. The average Bonchev–Trinajstić information content (AvgIpc) is 3.48. The van der Waals surface area contributed by atoms with Gasteiger partial charge in [-0.25, -0.2) is 4.98 Å². The first-order chi connectivity index (χ1) is 14.8. The lowest BCUT2D eigenvalue weighted by Gasteiger charge is -2.11. The van der Waals surface area contributed by atoms with Crippen LogP contribution in [0.1, 0.15) is 5.69 Å². The van der Waals surface area contributed by atoms with Crippen LogP contribution in [0.4, 0.5) is 0 Å². The fourth-order valence-electron chi connectivity index (χ4n) is 4.82. The van der Waals surface area contributed by atoms with Gasteiger partial charge in [0.05, 0.1) is 22.2 Å². The monoisotopic (exact) mass is 403 g/mol. The second kappa shape index (κ2) is 5.71. The highest BCUT2D eigenvalue weighted by molar-refractivity contribution is 7.18. The van der Waals surface area contributed by atoms with Crippen molar-refractivity contribution in [3.63, 3.8) is 0 Å². The number of aryl methyl sites for hydroxylation is 1. The van der Waals surface area contributed by atoms with E-state index >= 15 is 0 Å². The second-order valence-electron chi connectivity index (χ2n) is 7.81. The standard InChI is InChI=1S/C26H17N3S/c1-16-15-28-24-14-17(10-11-20(24)25-21(12-13-30-25)26(28)27-16)29-22-8-4-2-6-18(22)19-7-3-5-9-23(19)29/h2-15H,1H3. The van der Waals surface area contributed by atoms with Crippen molar-refractivity contribution in [1.29, 1.82) is 0 Å². The van der Waals surface area contributed by atoms with Gasteiger partial charge in [0, 0.05) is 38.1 Å². The van der Waals surface area contributed by atoms with Crippen molar-refractivity contribution in [2.24, 2.45) is 0 Å². The molecule has 7 aromatic rings. The predicted molar refractivity (Wildman–Crippen MR) is 127 cm³/mol. The normalized spacial score (nSPS) is 12.2. The summed E-state index contributed by atoms with van der Waals surface area (Å²) >= 11 is 1.79. The van der Waals surface area contributed by atoms with Crippen molar-refractivity contribution < 1.29 is 0 Å². The number of para-hydroxylation sites is 2. The Labute approximate surface area is 176 Å². The Morgan fingerprint density at radius 3 is 2.23 bits per heavy atom. The summed E-state index contributed by atoms with van der Waals surface area (Å²) in [6, 6.07) is 26.3. The summed E-state index contributed by atoms with van der Waals surface area (Å²) in [6.45, 7) is 2.06. The van der Waals surface area contributed by atoms with Crippen LogP contribution in [-0.4, -0.2) is 14.0 Å². The van der Waals surface area contributed by atoms with Gasteiger partial charge in [0.1, 0.15) is 5.65 Å². The number of hydrogen-bond acceptors (Lipinski definition) is 2. The molecule has 0 fully saturated rings. The molecule has 4 aromatic heterocycles. The summed E-state index contributed by atoms with van der Waals surface area (Å²) < 4.78 is 5.92. The molecular formula is C26H17N3S. The van der Waals surface area contributed by atoms with Gasteiger partial charge in [-0.2, -0.15) is 0 Å². The van der Waals surface area contributed by atoms with Crippen molar-refractivity contribution in [1.82, 2.24) is 14.0 Å². The van der Waals surface area contributed by atoms with Crippen LogP contribution in [0.2, 0.25) is 0 Å². The van der Waals surface area contributed by atoms with Crippen LogP contribution in [0, 0.1) is 6.92 Å².